The van der Waals surface area contributed by atoms with Crippen molar-refractivity contribution in [2.45, 2.75) is 44.0 Å². The molecule has 0 atom stereocenters. The molecule has 7 nitrogen and oxygen atoms in total. The fourth-order valence-electron chi connectivity index (χ4n) is 2.85. The van der Waals surface area contributed by atoms with E-state index < -0.39 is 15.9 Å². The molecule has 1 aliphatic rings. The lowest BCUT2D eigenvalue weighted by Gasteiger charge is -2.10. The summed E-state index contributed by atoms with van der Waals surface area (Å²) in [7, 11) is -3.61. The number of sulfonamides is 1. The Bertz CT molecular complexity index is 941. The molecule has 1 aliphatic carbocycles. The normalized spacial score (nSPS) is 13.4. The van der Waals surface area contributed by atoms with E-state index in [0.29, 0.717) is 4.88 Å². The molecule has 0 bridgehead atoms. The fourth-order valence-corrected chi connectivity index (χ4v) is 5.25. The van der Waals surface area contributed by atoms with Crippen LogP contribution in [0, 0.1) is 0 Å². The number of carbonyl (C=O) groups excluding carboxylic acids is 2. The number of benzene rings is 1. The van der Waals surface area contributed by atoms with Gasteiger partial charge in [-0.25, -0.2) is 13.1 Å². The van der Waals surface area contributed by atoms with Crippen molar-refractivity contribution in [3.05, 3.63) is 51.2 Å². The van der Waals surface area contributed by atoms with E-state index in [0.717, 1.165) is 19.3 Å². The minimum absolute atomic E-state index is 0.0740. The number of nitrogens with one attached hydrogen (secondary N) is 3. The molecule has 0 unspecified atom stereocenters. The van der Waals surface area contributed by atoms with Crippen LogP contribution in [0.3, 0.4) is 0 Å². The Kier molecular flexibility index (Phi) is 5.64. The minimum Gasteiger partial charge on any atom is -0.267 e. The van der Waals surface area contributed by atoms with E-state index in [-0.39, 0.29) is 22.4 Å². The number of hydrogen-bond acceptors (Lipinski definition) is 5. The lowest BCUT2D eigenvalue weighted by molar-refractivity contribution is 0.0849. The third kappa shape index (κ3) is 4.55. The summed E-state index contributed by atoms with van der Waals surface area (Å²) in [6, 6.07) is 7.14. The van der Waals surface area contributed by atoms with Crippen LogP contribution in [0.1, 0.15) is 50.7 Å². The fraction of sp³-hybridized carbons (Fsp3) is 0.333. The summed E-state index contributed by atoms with van der Waals surface area (Å²) in [5, 5.41) is 0. The Morgan fingerprint density at radius 2 is 1.70 bits per heavy atom. The van der Waals surface area contributed by atoms with Crippen molar-refractivity contribution in [1.29, 1.82) is 0 Å². The highest BCUT2D eigenvalue weighted by Crippen LogP contribution is 2.30. The van der Waals surface area contributed by atoms with Crippen LogP contribution in [0.25, 0.3) is 0 Å². The Morgan fingerprint density at radius 3 is 2.33 bits per heavy atom. The van der Waals surface area contributed by atoms with Crippen LogP contribution < -0.4 is 15.6 Å². The van der Waals surface area contributed by atoms with Crippen LogP contribution in [-0.2, 0) is 22.9 Å². The van der Waals surface area contributed by atoms with Gasteiger partial charge in [0, 0.05) is 16.5 Å². The first-order chi connectivity index (χ1) is 12.8. The minimum atomic E-state index is -3.61. The average molecular weight is 408 g/mol. The van der Waals surface area contributed by atoms with E-state index in [1.54, 1.807) is 13.8 Å². The van der Waals surface area contributed by atoms with Gasteiger partial charge in [-0.05, 0) is 69.0 Å². The second-order valence-electron chi connectivity index (χ2n) is 6.62. The average Bonchev–Trinajstić information content (AvgIpc) is 3.20. The summed E-state index contributed by atoms with van der Waals surface area (Å²) in [6.07, 6.45) is 3.12. The largest absolute Gasteiger partial charge is 0.279 e. The number of rotatable bonds is 5. The third-order valence-corrected chi connectivity index (χ3v) is 6.99. The molecule has 0 fully saturated rings. The number of amides is 2. The van der Waals surface area contributed by atoms with Gasteiger partial charge in [-0.1, -0.05) is 0 Å². The predicted octanol–water partition coefficient (Wildman–Crippen LogP) is 2.00. The van der Waals surface area contributed by atoms with Crippen molar-refractivity contribution in [1.82, 2.24) is 15.6 Å². The molecule has 9 heteroatoms. The van der Waals surface area contributed by atoms with Crippen molar-refractivity contribution in [3.63, 3.8) is 0 Å². The molecule has 1 heterocycles. The molecular weight excluding hydrogens is 386 g/mol. The summed E-state index contributed by atoms with van der Waals surface area (Å²) in [4.78, 5) is 26.2. The number of aryl methyl sites for hydroxylation is 2. The second kappa shape index (κ2) is 7.79. The summed E-state index contributed by atoms with van der Waals surface area (Å²) < 4.78 is 26.6. The molecule has 0 saturated heterocycles. The molecule has 2 amide bonds. The number of fused-ring (bicyclic) bond motifs is 1. The standard InChI is InChI=1S/C18H21N3O4S2/c1-11(2)21-27(24,25)14-8-6-12(7-9-14)17(22)19-20-18(23)16-10-13-4-3-5-15(13)26-16/h6-11,21H,3-5H2,1-2H3,(H,19,22)(H,20,23). The summed E-state index contributed by atoms with van der Waals surface area (Å²) >= 11 is 1.45. The van der Waals surface area contributed by atoms with Gasteiger partial charge in [-0.15, -0.1) is 11.3 Å². The Morgan fingerprint density at radius 1 is 1.04 bits per heavy atom. The zero-order valence-corrected chi connectivity index (χ0v) is 16.7. The molecule has 0 aliphatic heterocycles. The molecular formula is C18H21N3O4S2. The highest BCUT2D eigenvalue weighted by Gasteiger charge is 2.19. The molecule has 2 aromatic rings. The van der Waals surface area contributed by atoms with Gasteiger partial charge < -0.3 is 0 Å². The number of thiophene rings is 1. The summed E-state index contributed by atoms with van der Waals surface area (Å²) in [5.41, 5.74) is 6.21. The first-order valence-electron chi connectivity index (χ1n) is 8.61. The maximum absolute atomic E-state index is 12.2. The highest BCUT2D eigenvalue weighted by atomic mass is 32.2. The van der Waals surface area contributed by atoms with Gasteiger partial charge >= 0.3 is 0 Å². The van der Waals surface area contributed by atoms with Crippen LogP contribution in [0.5, 0.6) is 0 Å². The van der Waals surface area contributed by atoms with Gasteiger partial charge in [0.15, 0.2) is 0 Å². The van der Waals surface area contributed by atoms with Gasteiger partial charge in [-0.3, -0.25) is 20.4 Å². The van der Waals surface area contributed by atoms with Gasteiger partial charge in [0.05, 0.1) is 9.77 Å². The molecule has 3 rings (SSSR count). The van der Waals surface area contributed by atoms with Crippen molar-refractivity contribution < 1.29 is 18.0 Å². The maximum atomic E-state index is 12.2. The maximum Gasteiger partial charge on any atom is 0.279 e. The van der Waals surface area contributed by atoms with Crippen molar-refractivity contribution in [2.75, 3.05) is 0 Å². The van der Waals surface area contributed by atoms with Crippen molar-refractivity contribution in [2.24, 2.45) is 0 Å². The van der Waals surface area contributed by atoms with E-state index in [1.807, 2.05) is 6.07 Å². The molecule has 0 spiro atoms. The topological polar surface area (TPSA) is 104 Å². The smallest absolute Gasteiger partial charge is 0.267 e. The second-order valence-corrected chi connectivity index (χ2v) is 9.47. The number of carbonyl (C=O) groups is 2. The lowest BCUT2D eigenvalue weighted by atomic mass is 10.2. The predicted molar refractivity (Wildman–Crippen MR) is 103 cm³/mol. The molecule has 0 saturated carbocycles. The summed E-state index contributed by atoms with van der Waals surface area (Å²) in [6.45, 7) is 3.45. The van der Waals surface area contributed by atoms with Crippen LogP contribution in [0.15, 0.2) is 35.2 Å². The lowest BCUT2D eigenvalue weighted by Crippen LogP contribution is -2.41. The van der Waals surface area contributed by atoms with Gasteiger partial charge in [0.2, 0.25) is 10.0 Å². The zero-order valence-electron chi connectivity index (χ0n) is 15.0. The molecule has 1 aromatic carbocycles. The Hall–Kier alpha value is -2.23. The number of hydrazine groups is 1. The Balaban J connectivity index is 1.60. The van der Waals surface area contributed by atoms with Crippen LogP contribution in [0.2, 0.25) is 0 Å². The molecule has 3 N–H and O–H groups in total. The monoisotopic (exact) mass is 407 g/mol. The van der Waals surface area contributed by atoms with Crippen LogP contribution in [0.4, 0.5) is 0 Å². The molecule has 0 radical (unpaired) electrons. The van der Waals surface area contributed by atoms with Gasteiger partial charge in [0.1, 0.15) is 0 Å². The van der Waals surface area contributed by atoms with E-state index in [4.69, 9.17) is 0 Å². The first kappa shape index (κ1) is 19.5. The molecule has 27 heavy (non-hydrogen) atoms. The van der Waals surface area contributed by atoms with Crippen LogP contribution >= 0.6 is 11.3 Å². The van der Waals surface area contributed by atoms with E-state index in [2.05, 4.69) is 15.6 Å². The molecule has 1 aromatic heterocycles. The number of hydrogen-bond donors (Lipinski definition) is 3. The first-order valence-corrected chi connectivity index (χ1v) is 10.9. The Labute approximate surface area is 162 Å². The van der Waals surface area contributed by atoms with Crippen molar-refractivity contribution >= 4 is 33.2 Å². The van der Waals surface area contributed by atoms with E-state index in [1.165, 1.54) is 46.0 Å². The molecule has 144 valence electrons. The quantitative estimate of drug-likeness (QED) is 0.660. The van der Waals surface area contributed by atoms with E-state index in [9.17, 15) is 18.0 Å². The zero-order chi connectivity index (χ0) is 19.6. The third-order valence-electron chi connectivity index (χ3n) is 4.08. The van der Waals surface area contributed by atoms with Gasteiger partial charge in [-0.2, -0.15) is 0 Å². The highest BCUT2D eigenvalue weighted by molar-refractivity contribution is 7.89. The van der Waals surface area contributed by atoms with Crippen LogP contribution in [-0.4, -0.2) is 26.3 Å². The van der Waals surface area contributed by atoms with Gasteiger partial charge in [0.25, 0.3) is 11.8 Å². The van der Waals surface area contributed by atoms with Crippen molar-refractivity contribution in [3.8, 4) is 0 Å². The SMILES string of the molecule is CC(C)NS(=O)(=O)c1ccc(C(=O)NNC(=O)c2cc3c(s2)CCC3)cc1. The summed E-state index contributed by atoms with van der Waals surface area (Å²) in [5.74, 6) is -0.878. The van der Waals surface area contributed by atoms with E-state index >= 15 is 0 Å².